The number of hydrogen-bond donors (Lipinski definition) is 0. The van der Waals surface area contributed by atoms with Gasteiger partial charge in [-0.2, -0.15) is 31.3 Å². The van der Waals surface area contributed by atoms with E-state index in [1.54, 1.807) is 0 Å². The van der Waals surface area contributed by atoms with Crippen LogP contribution in [0.2, 0.25) is 0 Å². The maximum Gasteiger partial charge on any atom is 0.422 e. The molecule has 4 nitrogen and oxygen atoms in total. The van der Waals surface area contributed by atoms with Crippen molar-refractivity contribution in [3.05, 3.63) is 23.5 Å². The number of aromatic nitrogens is 3. The Labute approximate surface area is 147 Å². The average Bonchev–Trinajstić information content (AvgIpc) is 2.84. The SMILES string of the molecule is Cc1cc(F)c(-c2nc(OCC(F)(F)F)nn2C)cc1SCC(F)(F)F. The first-order valence-corrected chi connectivity index (χ1v) is 7.95. The second-order valence-electron chi connectivity index (χ2n) is 5.25. The summed E-state index contributed by atoms with van der Waals surface area (Å²) in [6.07, 6.45) is -9.01. The molecule has 0 saturated heterocycles. The van der Waals surface area contributed by atoms with Crippen molar-refractivity contribution in [2.24, 2.45) is 7.05 Å². The van der Waals surface area contributed by atoms with Crippen LogP contribution in [0.4, 0.5) is 30.7 Å². The van der Waals surface area contributed by atoms with Crippen molar-refractivity contribution in [1.29, 1.82) is 0 Å². The van der Waals surface area contributed by atoms with Crippen molar-refractivity contribution in [2.75, 3.05) is 12.4 Å². The van der Waals surface area contributed by atoms with Gasteiger partial charge in [0.2, 0.25) is 0 Å². The molecule has 12 heteroatoms. The summed E-state index contributed by atoms with van der Waals surface area (Å²) >= 11 is 0.469. The van der Waals surface area contributed by atoms with Crippen LogP contribution in [0.3, 0.4) is 0 Å². The van der Waals surface area contributed by atoms with Gasteiger partial charge in [0.15, 0.2) is 12.4 Å². The molecular formula is C14H12F7N3OS. The van der Waals surface area contributed by atoms with Gasteiger partial charge in [-0.1, -0.05) is 0 Å². The summed E-state index contributed by atoms with van der Waals surface area (Å²) < 4.78 is 93.3. The summed E-state index contributed by atoms with van der Waals surface area (Å²) in [6, 6.07) is 1.56. The van der Waals surface area contributed by atoms with Crippen LogP contribution in [0.15, 0.2) is 17.0 Å². The maximum atomic E-state index is 14.2. The van der Waals surface area contributed by atoms with Crippen LogP contribution in [0.5, 0.6) is 6.01 Å². The molecule has 1 aromatic carbocycles. The molecule has 0 amide bonds. The Bertz CT molecular complexity index is 786. The molecule has 0 fully saturated rings. The number of rotatable bonds is 5. The lowest BCUT2D eigenvalue weighted by atomic mass is 10.1. The minimum absolute atomic E-state index is 0.166. The van der Waals surface area contributed by atoms with Crippen molar-refractivity contribution in [1.82, 2.24) is 14.8 Å². The lowest BCUT2D eigenvalue weighted by Crippen LogP contribution is -2.19. The Balaban J connectivity index is 2.31. The molecular weight excluding hydrogens is 391 g/mol. The number of nitrogens with zero attached hydrogens (tertiary/aromatic N) is 3. The van der Waals surface area contributed by atoms with Gasteiger partial charge >= 0.3 is 18.4 Å². The highest BCUT2D eigenvalue weighted by Crippen LogP contribution is 2.34. The molecule has 0 saturated carbocycles. The molecule has 0 unspecified atom stereocenters. The molecule has 0 atom stereocenters. The summed E-state index contributed by atoms with van der Waals surface area (Å²) in [6.45, 7) is -0.181. The molecule has 0 radical (unpaired) electrons. The number of halogens is 7. The van der Waals surface area contributed by atoms with Gasteiger partial charge in [-0.15, -0.1) is 16.9 Å². The molecule has 26 heavy (non-hydrogen) atoms. The highest BCUT2D eigenvalue weighted by atomic mass is 32.2. The third kappa shape index (κ3) is 5.51. The van der Waals surface area contributed by atoms with Crippen LogP contribution < -0.4 is 4.74 Å². The van der Waals surface area contributed by atoms with Crippen LogP contribution in [0, 0.1) is 12.7 Å². The standard InChI is InChI=1S/C14H12F7N3OS/c1-7-3-9(15)8(4-10(7)26-6-14(19,20)21)11-22-12(23-24(11)2)25-5-13(16,17)18/h3-4H,5-6H2,1-2H3. The van der Waals surface area contributed by atoms with Gasteiger partial charge in [0, 0.05) is 11.9 Å². The largest absolute Gasteiger partial charge is 0.453 e. The monoisotopic (exact) mass is 403 g/mol. The van der Waals surface area contributed by atoms with Crippen molar-refractivity contribution in [3.63, 3.8) is 0 Å². The topological polar surface area (TPSA) is 39.9 Å². The molecule has 2 aromatic rings. The maximum absolute atomic E-state index is 14.2. The minimum atomic E-state index is -4.60. The minimum Gasteiger partial charge on any atom is -0.453 e. The third-order valence-electron chi connectivity index (χ3n) is 3.01. The van der Waals surface area contributed by atoms with Crippen LogP contribution in [0.25, 0.3) is 11.4 Å². The first kappa shape index (κ1) is 20.3. The van der Waals surface area contributed by atoms with E-state index in [2.05, 4.69) is 14.8 Å². The van der Waals surface area contributed by atoms with Crippen LogP contribution >= 0.6 is 11.8 Å². The number of thioether (sulfide) groups is 1. The number of hydrogen-bond acceptors (Lipinski definition) is 4. The van der Waals surface area contributed by atoms with E-state index in [0.717, 1.165) is 16.8 Å². The third-order valence-corrected chi connectivity index (χ3v) is 4.23. The smallest absolute Gasteiger partial charge is 0.422 e. The van der Waals surface area contributed by atoms with E-state index in [0.29, 0.717) is 11.8 Å². The van der Waals surface area contributed by atoms with Gasteiger partial charge in [-0.3, -0.25) is 0 Å². The fraction of sp³-hybridized carbons (Fsp3) is 0.429. The predicted octanol–water partition coefficient (Wildman–Crippen LogP) is 4.53. The van der Waals surface area contributed by atoms with Gasteiger partial charge < -0.3 is 4.74 Å². The highest BCUT2D eigenvalue weighted by molar-refractivity contribution is 7.99. The van der Waals surface area contributed by atoms with Crippen LogP contribution in [0.1, 0.15) is 5.56 Å². The number of aryl methyl sites for hydroxylation is 2. The van der Waals surface area contributed by atoms with E-state index in [1.165, 1.54) is 14.0 Å². The van der Waals surface area contributed by atoms with Crippen molar-refractivity contribution >= 4 is 11.8 Å². The fourth-order valence-electron chi connectivity index (χ4n) is 1.94. The van der Waals surface area contributed by atoms with Gasteiger partial charge in [-0.25, -0.2) is 9.07 Å². The van der Waals surface area contributed by atoms with Crippen LogP contribution in [-0.4, -0.2) is 39.5 Å². The molecule has 0 bridgehead atoms. The molecule has 0 N–H and O–H groups in total. The van der Waals surface area contributed by atoms with E-state index < -0.39 is 36.5 Å². The summed E-state index contributed by atoms with van der Waals surface area (Å²) in [7, 11) is 1.30. The molecule has 1 heterocycles. The molecule has 144 valence electrons. The lowest BCUT2D eigenvalue weighted by molar-refractivity contribution is -0.154. The molecule has 2 rings (SSSR count). The Morgan fingerprint density at radius 2 is 1.77 bits per heavy atom. The quantitative estimate of drug-likeness (QED) is 0.544. The van der Waals surface area contributed by atoms with E-state index in [9.17, 15) is 30.7 Å². The first-order chi connectivity index (χ1) is 11.9. The highest BCUT2D eigenvalue weighted by Gasteiger charge is 2.30. The summed E-state index contributed by atoms with van der Waals surface area (Å²) in [4.78, 5) is 3.85. The van der Waals surface area contributed by atoms with Crippen molar-refractivity contribution in [2.45, 2.75) is 24.2 Å². The molecule has 0 aliphatic heterocycles. The fourth-order valence-corrected chi connectivity index (χ4v) is 2.75. The molecule has 0 aliphatic rings. The van der Waals surface area contributed by atoms with Gasteiger partial charge in [0.1, 0.15) is 5.82 Å². The summed E-state index contributed by atoms with van der Waals surface area (Å²) in [5, 5.41) is 3.60. The summed E-state index contributed by atoms with van der Waals surface area (Å²) in [5.41, 5.74) is 0.0911. The molecule has 0 aliphatic carbocycles. The van der Waals surface area contributed by atoms with E-state index in [1.807, 2.05) is 0 Å². The molecule has 0 spiro atoms. The second-order valence-corrected chi connectivity index (χ2v) is 6.26. The first-order valence-electron chi connectivity index (χ1n) is 6.96. The summed E-state index contributed by atoms with van der Waals surface area (Å²) in [5.74, 6) is -2.14. The van der Waals surface area contributed by atoms with E-state index in [4.69, 9.17) is 0 Å². The van der Waals surface area contributed by atoms with E-state index in [-0.39, 0.29) is 21.8 Å². The zero-order chi connectivity index (χ0) is 19.7. The van der Waals surface area contributed by atoms with Crippen LogP contribution in [-0.2, 0) is 7.05 Å². The predicted molar refractivity (Wildman–Crippen MR) is 79.5 cm³/mol. The Hall–Kier alpha value is -1.98. The Morgan fingerprint density at radius 1 is 1.12 bits per heavy atom. The van der Waals surface area contributed by atoms with Gasteiger partial charge in [0.25, 0.3) is 0 Å². The van der Waals surface area contributed by atoms with Crippen molar-refractivity contribution in [3.8, 4) is 17.4 Å². The number of alkyl halides is 6. The Kier molecular flexibility index (Phi) is 5.73. The van der Waals surface area contributed by atoms with E-state index >= 15 is 0 Å². The average molecular weight is 403 g/mol. The van der Waals surface area contributed by atoms with Gasteiger partial charge in [-0.05, 0) is 24.6 Å². The zero-order valence-corrected chi connectivity index (χ0v) is 14.2. The van der Waals surface area contributed by atoms with Crippen molar-refractivity contribution < 1.29 is 35.5 Å². The Morgan fingerprint density at radius 3 is 2.35 bits per heavy atom. The number of benzene rings is 1. The normalized spacial score (nSPS) is 12.5. The lowest BCUT2D eigenvalue weighted by Gasteiger charge is -2.11. The molecule has 1 aromatic heterocycles. The zero-order valence-electron chi connectivity index (χ0n) is 13.4. The number of ether oxygens (including phenoxy) is 1. The second kappa shape index (κ2) is 7.33. The van der Waals surface area contributed by atoms with Gasteiger partial charge in [0.05, 0.1) is 11.3 Å².